The Balaban J connectivity index is 1.88. The van der Waals surface area contributed by atoms with Gasteiger partial charge in [-0.05, 0) is 100 Å². The molecule has 0 aliphatic carbocycles. The van der Waals surface area contributed by atoms with Crippen LogP contribution in [0.5, 0.6) is 0 Å². The maximum atomic E-state index is 13.4. The number of thiophene rings is 1. The van der Waals surface area contributed by atoms with Gasteiger partial charge in [0.25, 0.3) is 5.91 Å². The molecule has 2 heterocycles. The summed E-state index contributed by atoms with van der Waals surface area (Å²) in [5.41, 5.74) is -0.546. The van der Waals surface area contributed by atoms with E-state index >= 15 is 0 Å². The number of ether oxygens (including phenoxy) is 1. The van der Waals surface area contributed by atoms with Crippen molar-refractivity contribution >= 4 is 41.2 Å². The van der Waals surface area contributed by atoms with Gasteiger partial charge in [-0.15, -0.1) is 11.3 Å². The number of anilines is 1. The van der Waals surface area contributed by atoms with Gasteiger partial charge in [0.15, 0.2) is 0 Å². The van der Waals surface area contributed by atoms with E-state index < -0.39 is 22.8 Å². The van der Waals surface area contributed by atoms with Crippen molar-refractivity contribution in [2.75, 3.05) is 5.32 Å². The number of esters is 1. The summed E-state index contributed by atoms with van der Waals surface area (Å²) in [6.45, 7) is 20.9. The second-order valence-electron chi connectivity index (χ2n) is 13.3. The zero-order chi connectivity index (χ0) is 28.9. The number of aliphatic hydroxyl groups is 1. The number of amides is 1. The average molecular weight is 542 g/mol. The van der Waals surface area contributed by atoms with E-state index in [2.05, 4.69) is 38.3 Å². The minimum atomic E-state index is -1.03. The number of benzene rings is 1. The number of carbonyl (C=O) groups excluding carboxylic acids is 2. The SMILES string of the molecule is CC1(C)Cc2c(sc(NC(=O)c3ccc([B]OC(C)(C)C(C)(C)O)cc3)c2C(=O)OC(C)(C)C)C(C)(C)N1. The van der Waals surface area contributed by atoms with Crippen LogP contribution in [0, 0.1) is 0 Å². The second-order valence-corrected chi connectivity index (χ2v) is 14.3. The Morgan fingerprint density at radius 3 is 2.13 bits per heavy atom. The largest absolute Gasteiger partial charge is 0.456 e. The number of hydrogen-bond acceptors (Lipinski definition) is 7. The molecule has 1 aromatic heterocycles. The topological polar surface area (TPSA) is 96.9 Å². The third-order valence-electron chi connectivity index (χ3n) is 6.81. The van der Waals surface area contributed by atoms with Gasteiger partial charge in [0.1, 0.15) is 10.6 Å². The quantitative estimate of drug-likeness (QED) is 0.340. The fraction of sp³-hybridized carbons (Fsp3) is 0.586. The Bertz CT molecular complexity index is 1200. The third-order valence-corrected chi connectivity index (χ3v) is 8.28. The second kappa shape index (κ2) is 10.1. The van der Waals surface area contributed by atoms with E-state index in [0.717, 1.165) is 15.9 Å². The highest BCUT2D eigenvalue weighted by Crippen LogP contribution is 2.45. The highest BCUT2D eigenvalue weighted by atomic mass is 32.1. The molecule has 0 fully saturated rings. The van der Waals surface area contributed by atoms with Gasteiger partial charge in [-0.25, -0.2) is 4.79 Å². The Labute approximate surface area is 232 Å². The Kier molecular flexibility index (Phi) is 8.05. The van der Waals surface area contributed by atoms with Crippen LogP contribution >= 0.6 is 11.3 Å². The van der Waals surface area contributed by atoms with Crippen LogP contribution in [0.3, 0.4) is 0 Å². The lowest BCUT2D eigenvalue weighted by molar-refractivity contribution is -0.0893. The summed E-state index contributed by atoms with van der Waals surface area (Å²) in [6, 6.07) is 6.96. The summed E-state index contributed by atoms with van der Waals surface area (Å²) in [5.74, 6) is -0.752. The van der Waals surface area contributed by atoms with Gasteiger partial charge in [0.2, 0.25) is 0 Å². The van der Waals surface area contributed by atoms with Crippen LogP contribution in [0.2, 0.25) is 0 Å². The fourth-order valence-electron chi connectivity index (χ4n) is 4.41. The molecule has 1 radical (unpaired) electrons. The summed E-state index contributed by atoms with van der Waals surface area (Å²) in [7, 11) is 1.57. The lowest BCUT2D eigenvalue weighted by atomic mass is 9.81. The number of fused-ring (bicyclic) bond motifs is 1. The molecule has 0 saturated carbocycles. The summed E-state index contributed by atoms with van der Waals surface area (Å²) in [6.07, 6.45) is 0.637. The summed E-state index contributed by atoms with van der Waals surface area (Å²) in [5, 5.41) is 17.4. The Morgan fingerprint density at radius 2 is 1.61 bits per heavy atom. The van der Waals surface area contributed by atoms with E-state index in [4.69, 9.17) is 9.39 Å². The van der Waals surface area contributed by atoms with Crippen LogP contribution in [-0.2, 0) is 21.4 Å². The zero-order valence-corrected chi connectivity index (χ0v) is 25.4. The zero-order valence-electron chi connectivity index (χ0n) is 24.6. The van der Waals surface area contributed by atoms with Gasteiger partial charge in [0, 0.05) is 21.5 Å². The lowest BCUT2D eigenvalue weighted by Crippen LogP contribution is -2.55. The van der Waals surface area contributed by atoms with Crippen LogP contribution in [-0.4, -0.2) is 46.8 Å². The molecule has 0 saturated heterocycles. The van der Waals surface area contributed by atoms with Crippen molar-refractivity contribution in [1.82, 2.24) is 5.32 Å². The Morgan fingerprint density at radius 1 is 1.03 bits per heavy atom. The van der Waals surface area contributed by atoms with Gasteiger partial charge >= 0.3 is 13.5 Å². The van der Waals surface area contributed by atoms with Crippen LogP contribution in [0.15, 0.2) is 24.3 Å². The monoisotopic (exact) mass is 541 g/mol. The molecule has 0 unspecified atom stereocenters. The highest BCUT2D eigenvalue weighted by molar-refractivity contribution is 7.17. The molecule has 1 aromatic carbocycles. The van der Waals surface area contributed by atoms with Crippen LogP contribution in [0.4, 0.5) is 5.00 Å². The Hall–Kier alpha value is -2.20. The first-order valence-electron chi connectivity index (χ1n) is 13.0. The van der Waals surface area contributed by atoms with E-state index in [0.29, 0.717) is 22.5 Å². The van der Waals surface area contributed by atoms with Crippen LogP contribution < -0.4 is 16.1 Å². The summed E-state index contributed by atoms with van der Waals surface area (Å²) in [4.78, 5) is 27.7. The van der Waals surface area contributed by atoms with Gasteiger partial charge in [-0.1, -0.05) is 17.6 Å². The molecule has 0 atom stereocenters. The van der Waals surface area contributed by atoms with Crippen molar-refractivity contribution in [1.29, 1.82) is 0 Å². The molecule has 3 N–H and O–H groups in total. The van der Waals surface area contributed by atoms with E-state index in [-0.39, 0.29) is 17.0 Å². The number of rotatable bonds is 7. The van der Waals surface area contributed by atoms with Crippen molar-refractivity contribution in [2.24, 2.45) is 0 Å². The van der Waals surface area contributed by atoms with Gasteiger partial charge < -0.3 is 25.1 Å². The lowest BCUT2D eigenvalue weighted by Gasteiger charge is -2.42. The molecule has 1 amide bonds. The molecule has 207 valence electrons. The number of carbonyl (C=O) groups is 2. The predicted molar refractivity (Wildman–Crippen MR) is 155 cm³/mol. The molecule has 3 rings (SSSR count). The molecule has 0 spiro atoms. The summed E-state index contributed by atoms with van der Waals surface area (Å²) < 4.78 is 11.6. The molecule has 2 aromatic rings. The van der Waals surface area contributed by atoms with Gasteiger partial charge in [-0.2, -0.15) is 0 Å². The predicted octanol–water partition coefficient (Wildman–Crippen LogP) is 4.93. The maximum absolute atomic E-state index is 13.4. The third kappa shape index (κ3) is 6.86. The average Bonchev–Trinajstić information content (AvgIpc) is 3.07. The molecule has 38 heavy (non-hydrogen) atoms. The van der Waals surface area contributed by atoms with E-state index in [9.17, 15) is 14.7 Å². The van der Waals surface area contributed by atoms with Crippen molar-refractivity contribution < 1.29 is 24.1 Å². The van der Waals surface area contributed by atoms with E-state index in [1.54, 1.807) is 45.6 Å². The van der Waals surface area contributed by atoms with Crippen LogP contribution in [0.25, 0.3) is 0 Å². The van der Waals surface area contributed by atoms with Crippen molar-refractivity contribution in [3.8, 4) is 0 Å². The maximum Gasteiger partial charge on any atom is 0.341 e. The molecule has 1 aliphatic heterocycles. The van der Waals surface area contributed by atoms with Crippen molar-refractivity contribution in [3.63, 3.8) is 0 Å². The first-order valence-corrected chi connectivity index (χ1v) is 13.8. The fourth-order valence-corrected chi connectivity index (χ4v) is 5.67. The van der Waals surface area contributed by atoms with E-state index in [1.165, 1.54) is 11.3 Å². The highest BCUT2D eigenvalue weighted by Gasteiger charge is 2.42. The molecule has 0 bridgehead atoms. The first-order chi connectivity index (χ1) is 17.1. The first kappa shape index (κ1) is 30.3. The van der Waals surface area contributed by atoms with Gasteiger partial charge in [-0.3, -0.25) is 4.79 Å². The van der Waals surface area contributed by atoms with Crippen molar-refractivity contribution in [3.05, 3.63) is 45.8 Å². The smallest absolute Gasteiger partial charge is 0.341 e. The number of hydrogen-bond donors (Lipinski definition) is 3. The molecular formula is C29H42BN2O5S. The molecule has 9 heteroatoms. The summed E-state index contributed by atoms with van der Waals surface area (Å²) >= 11 is 1.42. The van der Waals surface area contributed by atoms with Gasteiger partial charge in [0.05, 0.1) is 16.8 Å². The normalized spacial score (nSPS) is 16.9. The molecular weight excluding hydrogens is 499 g/mol. The standard InChI is InChI=1S/C29H42BN2O5S/c1-25(2,3)36-24(34)20-19-16-26(4,5)32-27(6,7)21(19)38-23(20)31-22(33)17-12-14-18(15-13-17)30-37-29(10,11)28(8,9)35/h12-15,32,35H,16H2,1-11H3,(H,31,33). The van der Waals surface area contributed by atoms with Crippen LogP contribution in [0.1, 0.15) is 107 Å². The van der Waals surface area contributed by atoms with Crippen molar-refractivity contribution in [2.45, 2.75) is 110 Å². The molecule has 1 aliphatic rings. The number of nitrogens with one attached hydrogen (secondary N) is 2. The minimum Gasteiger partial charge on any atom is -0.456 e. The minimum absolute atomic E-state index is 0.232. The van der Waals surface area contributed by atoms with E-state index in [1.807, 2.05) is 34.6 Å². The molecule has 7 nitrogen and oxygen atoms in total.